The lowest BCUT2D eigenvalue weighted by molar-refractivity contribution is 0.332. The first kappa shape index (κ1) is 51.4. The Morgan fingerprint density at radius 2 is 0.831 bits per heavy atom. The first-order valence-electron chi connectivity index (χ1n) is 29.8. The molecule has 0 amide bonds. The molecule has 3 heterocycles. The zero-order chi connectivity index (χ0) is 54.9. The topological polar surface area (TPSA) is 6.48 Å². The number of rotatable bonds is 3. The van der Waals surface area contributed by atoms with E-state index in [9.17, 15) is 0 Å². The van der Waals surface area contributed by atoms with Crippen molar-refractivity contribution in [1.82, 2.24) is 0 Å². The molecular formula is C73H87BN2S. The van der Waals surface area contributed by atoms with Gasteiger partial charge in [0.05, 0.1) is 11.4 Å². The smallest absolute Gasteiger partial charge is 0.264 e. The van der Waals surface area contributed by atoms with Crippen LogP contribution in [0.3, 0.4) is 0 Å². The molecule has 6 aromatic carbocycles. The minimum Gasteiger partial charge on any atom is -0.311 e. The van der Waals surface area contributed by atoms with Crippen molar-refractivity contribution in [2.24, 2.45) is 0 Å². The predicted molar refractivity (Wildman–Crippen MR) is 337 cm³/mol. The maximum Gasteiger partial charge on any atom is 0.264 e. The first-order valence-corrected chi connectivity index (χ1v) is 30.6. The van der Waals surface area contributed by atoms with E-state index < -0.39 is 0 Å². The fourth-order valence-electron chi connectivity index (χ4n) is 16.2. The van der Waals surface area contributed by atoms with E-state index in [2.05, 4.69) is 238 Å². The Bertz CT molecular complexity index is 3690. The summed E-state index contributed by atoms with van der Waals surface area (Å²) in [5.41, 5.74) is 30.3. The maximum absolute atomic E-state index is 2.83. The Kier molecular flexibility index (Phi) is 10.7. The van der Waals surface area contributed by atoms with Crippen molar-refractivity contribution in [3.63, 3.8) is 0 Å². The zero-order valence-electron chi connectivity index (χ0n) is 50.6. The van der Waals surface area contributed by atoms with Crippen LogP contribution in [0.15, 0.2) is 84.9 Å². The van der Waals surface area contributed by atoms with Crippen molar-refractivity contribution < 1.29 is 0 Å². The lowest BCUT2D eigenvalue weighted by Gasteiger charge is -2.48. The molecule has 0 saturated heterocycles. The number of benzene rings is 6. The molecule has 4 heteroatoms. The highest BCUT2D eigenvalue weighted by atomic mass is 32.1. The molecule has 0 radical (unpaired) electrons. The number of aryl methyl sites for hydroxylation is 3. The van der Waals surface area contributed by atoms with Crippen molar-refractivity contribution in [2.75, 3.05) is 9.80 Å². The fraction of sp³-hybridized carbons (Fsp3) is 0.479. The van der Waals surface area contributed by atoms with Gasteiger partial charge in [-0.05, 0) is 248 Å². The zero-order valence-corrected chi connectivity index (χ0v) is 51.4. The second-order valence-electron chi connectivity index (χ2n) is 31.0. The molecule has 77 heavy (non-hydrogen) atoms. The normalized spacial score (nSPS) is 21.8. The third-order valence-corrected chi connectivity index (χ3v) is 23.0. The van der Waals surface area contributed by atoms with Gasteiger partial charge in [-0.2, -0.15) is 0 Å². The second-order valence-corrected chi connectivity index (χ2v) is 32.1. The van der Waals surface area contributed by atoms with Crippen molar-refractivity contribution >= 4 is 78.0 Å². The molecule has 0 N–H and O–H groups in total. The summed E-state index contributed by atoms with van der Waals surface area (Å²) < 4.78 is 2.92. The summed E-state index contributed by atoms with van der Waals surface area (Å²) in [6.07, 6.45) is 9.48. The van der Waals surface area contributed by atoms with Crippen LogP contribution in [-0.2, 0) is 43.3 Å². The van der Waals surface area contributed by atoms with Gasteiger partial charge in [0.2, 0.25) is 0 Å². The van der Waals surface area contributed by atoms with Crippen molar-refractivity contribution in [3.8, 4) is 11.1 Å². The van der Waals surface area contributed by atoms with Crippen LogP contribution in [0.1, 0.15) is 223 Å². The van der Waals surface area contributed by atoms with Crippen LogP contribution in [-0.4, -0.2) is 6.71 Å². The van der Waals surface area contributed by atoms with Crippen LogP contribution >= 0.6 is 11.3 Å². The van der Waals surface area contributed by atoms with Gasteiger partial charge in [-0.3, -0.25) is 0 Å². The Morgan fingerprint density at radius 1 is 0.403 bits per heavy atom. The summed E-state index contributed by atoms with van der Waals surface area (Å²) in [7, 11) is 0. The minimum absolute atomic E-state index is 0.0217. The van der Waals surface area contributed by atoms with Gasteiger partial charge in [-0.25, -0.2) is 0 Å². The minimum atomic E-state index is 0.0217. The number of thiophene rings is 1. The third kappa shape index (κ3) is 7.37. The molecule has 2 nitrogen and oxygen atoms in total. The molecule has 7 aromatic rings. The molecule has 0 saturated carbocycles. The van der Waals surface area contributed by atoms with Crippen LogP contribution in [0.25, 0.3) is 21.2 Å². The van der Waals surface area contributed by atoms with E-state index in [1.54, 1.807) is 5.56 Å². The second kappa shape index (κ2) is 16.1. The third-order valence-electron chi connectivity index (χ3n) is 21.8. The maximum atomic E-state index is 2.83. The van der Waals surface area contributed by atoms with Gasteiger partial charge < -0.3 is 9.80 Å². The monoisotopic (exact) mass is 1030 g/mol. The van der Waals surface area contributed by atoms with Gasteiger partial charge >= 0.3 is 0 Å². The van der Waals surface area contributed by atoms with Crippen molar-refractivity contribution in [2.45, 2.75) is 226 Å². The summed E-state index contributed by atoms with van der Waals surface area (Å²) in [6.45, 7) is 47.2. The van der Waals surface area contributed by atoms with E-state index in [0.29, 0.717) is 0 Å². The number of hydrogen-bond donors (Lipinski definition) is 0. The quantitative estimate of drug-likeness (QED) is 0.163. The summed E-state index contributed by atoms with van der Waals surface area (Å²) >= 11 is 2.10. The number of fused-ring (bicyclic) bond motifs is 10. The fourth-order valence-corrected chi connectivity index (χ4v) is 17.5. The number of nitrogens with zero attached hydrogens (tertiary/aromatic N) is 2. The molecule has 4 aliphatic carbocycles. The Labute approximate surface area is 468 Å². The van der Waals surface area contributed by atoms with Crippen molar-refractivity contribution in [1.29, 1.82) is 0 Å². The van der Waals surface area contributed by atoms with Crippen LogP contribution in [0.4, 0.5) is 34.1 Å². The molecule has 0 atom stereocenters. The summed E-state index contributed by atoms with van der Waals surface area (Å²) in [4.78, 5) is 5.62. The van der Waals surface area contributed by atoms with Gasteiger partial charge in [0.25, 0.3) is 6.71 Å². The molecule has 0 fully saturated rings. The first-order chi connectivity index (χ1) is 35.8. The van der Waals surface area contributed by atoms with E-state index in [1.165, 1.54) is 178 Å². The highest BCUT2D eigenvalue weighted by Crippen LogP contribution is 2.58. The Balaban J connectivity index is 1.20. The molecule has 1 aromatic heterocycles. The Hall–Kier alpha value is -5.06. The molecule has 0 unspecified atom stereocenters. The average molecular weight is 1040 g/mol. The Morgan fingerprint density at radius 3 is 1.36 bits per heavy atom. The lowest BCUT2D eigenvalue weighted by atomic mass is 9.35. The molecule has 6 aliphatic rings. The highest BCUT2D eigenvalue weighted by molar-refractivity contribution is 7.33. The number of hydrogen-bond acceptors (Lipinski definition) is 3. The summed E-state index contributed by atoms with van der Waals surface area (Å²) in [5.74, 6) is 0. The molecular weight excluding hydrogens is 948 g/mol. The summed E-state index contributed by atoms with van der Waals surface area (Å²) in [5, 5.41) is 1.42. The molecule has 0 bridgehead atoms. The van der Waals surface area contributed by atoms with Crippen LogP contribution in [0, 0.1) is 20.8 Å². The van der Waals surface area contributed by atoms with Crippen LogP contribution < -0.4 is 25.5 Å². The number of anilines is 6. The van der Waals surface area contributed by atoms with E-state index in [-0.39, 0.29) is 50.0 Å². The standard InChI is InChI=1S/C73H87BN2S/c1-42-33-59-63-60(34-42)76(57-39-53-50(68(8,9)27-30-71(53,14)15)36-46(57)62-43(2)21-20-22-44(62)3)58-40-54-52(70(12,13)29-31-72(54,16)17)38-56(58)74(63)65-64(47-37-51-55(41-61(47)77-65)73(18,19)32-28-69(51,10)11)75(59)45-23-24-48-49(35-45)67(6,7)26-25-66(48,4)5/h20-24,33-41H,25-32H2,1-19H3. The molecule has 13 rings (SSSR count). The largest absolute Gasteiger partial charge is 0.311 e. The van der Waals surface area contributed by atoms with Crippen molar-refractivity contribution in [3.05, 3.63) is 146 Å². The average Bonchev–Trinajstić information content (AvgIpc) is 3.98. The van der Waals surface area contributed by atoms with E-state index in [0.717, 1.165) is 0 Å². The molecule has 2 aliphatic heterocycles. The molecule has 0 spiro atoms. The highest BCUT2D eigenvalue weighted by Gasteiger charge is 2.50. The predicted octanol–water partition coefficient (Wildman–Crippen LogP) is 19.0. The van der Waals surface area contributed by atoms with Gasteiger partial charge in [-0.1, -0.05) is 141 Å². The van der Waals surface area contributed by atoms with E-state index in [1.807, 2.05) is 0 Å². The van der Waals surface area contributed by atoms with Gasteiger partial charge in [0.15, 0.2) is 0 Å². The van der Waals surface area contributed by atoms with Gasteiger partial charge in [-0.15, -0.1) is 11.3 Å². The SMILES string of the molecule is Cc1cc2c3c(c1)N(c1ccc4c(c1)C(C)(C)CCC4(C)C)c1c(sc4cc5c(cc14)C(C)(C)CCC5(C)C)B3c1cc3c(cc1N2c1cc2c(cc1-c1c(C)cccc1C)C(C)(C)CCC2(C)C)C(C)(C)CCC3(C)C. The summed E-state index contributed by atoms with van der Waals surface area (Å²) in [6, 6.07) is 36.1. The van der Waals surface area contributed by atoms with Gasteiger partial charge in [0.1, 0.15) is 0 Å². The van der Waals surface area contributed by atoms with Gasteiger partial charge in [0, 0.05) is 43.2 Å². The van der Waals surface area contributed by atoms with Crippen LogP contribution in [0.2, 0.25) is 0 Å². The van der Waals surface area contributed by atoms with E-state index in [4.69, 9.17) is 0 Å². The van der Waals surface area contributed by atoms with E-state index >= 15 is 0 Å². The molecule has 398 valence electrons. The van der Waals surface area contributed by atoms with Crippen LogP contribution in [0.5, 0.6) is 0 Å². The lowest BCUT2D eigenvalue weighted by Crippen LogP contribution is -2.61.